The maximum atomic E-state index is 11.5. The summed E-state index contributed by atoms with van der Waals surface area (Å²) in [5, 5.41) is 3.55. The molecule has 0 fully saturated rings. The Bertz CT molecular complexity index is 232. The number of methoxy groups -OCH3 is 1. The van der Waals surface area contributed by atoms with Crippen molar-refractivity contribution >= 4 is 5.97 Å². The van der Waals surface area contributed by atoms with Gasteiger partial charge in [0.1, 0.15) is 0 Å². The third kappa shape index (κ3) is 6.97. The van der Waals surface area contributed by atoms with Gasteiger partial charge in [-0.1, -0.05) is 20.8 Å². The summed E-state index contributed by atoms with van der Waals surface area (Å²) in [5.74, 6) is 0.373. The van der Waals surface area contributed by atoms with Crippen LogP contribution in [0.15, 0.2) is 0 Å². The molecular weight excluding hydrogens is 228 g/mol. The molecule has 0 rings (SSSR count). The van der Waals surface area contributed by atoms with Crippen LogP contribution in [0.5, 0.6) is 0 Å². The van der Waals surface area contributed by atoms with Crippen molar-refractivity contribution in [3.63, 3.8) is 0 Å². The molecule has 3 atom stereocenters. The summed E-state index contributed by atoms with van der Waals surface area (Å²) in [5.41, 5.74) is 0. The zero-order valence-electron chi connectivity index (χ0n) is 13.0. The highest BCUT2D eigenvalue weighted by atomic mass is 16.5. The first-order valence-electron chi connectivity index (χ1n) is 6.76. The molecule has 108 valence electrons. The molecule has 0 heterocycles. The fourth-order valence-corrected chi connectivity index (χ4v) is 2.11. The molecule has 0 radical (unpaired) electrons. The minimum Gasteiger partial charge on any atom is -0.469 e. The molecular formula is C14H30N2O2. The Morgan fingerprint density at radius 2 is 1.78 bits per heavy atom. The van der Waals surface area contributed by atoms with Crippen molar-refractivity contribution in [2.75, 3.05) is 27.7 Å². The van der Waals surface area contributed by atoms with Crippen LogP contribution in [0.4, 0.5) is 0 Å². The molecule has 0 aromatic heterocycles. The summed E-state index contributed by atoms with van der Waals surface area (Å²) < 4.78 is 4.79. The van der Waals surface area contributed by atoms with Crippen molar-refractivity contribution in [3.05, 3.63) is 0 Å². The molecule has 1 N–H and O–H groups in total. The topological polar surface area (TPSA) is 41.6 Å². The van der Waals surface area contributed by atoms with Gasteiger partial charge in [0.15, 0.2) is 0 Å². The maximum Gasteiger partial charge on any atom is 0.309 e. The minimum absolute atomic E-state index is 0.119. The molecule has 0 aliphatic carbocycles. The number of ether oxygens (including phenoxy) is 1. The van der Waals surface area contributed by atoms with Gasteiger partial charge in [0, 0.05) is 18.6 Å². The molecule has 0 aromatic carbocycles. The molecule has 0 saturated carbocycles. The quantitative estimate of drug-likeness (QED) is 0.674. The predicted octanol–water partition coefficient (Wildman–Crippen LogP) is 1.75. The van der Waals surface area contributed by atoms with E-state index >= 15 is 0 Å². The maximum absolute atomic E-state index is 11.5. The first-order chi connectivity index (χ1) is 8.27. The highest BCUT2D eigenvalue weighted by molar-refractivity contribution is 5.72. The van der Waals surface area contributed by atoms with Crippen LogP contribution in [0.1, 0.15) is 34.1 Å². The van der Waals surface area contributed by atoms with Gasteiger partial charge in [0.05, 0.1) is 13.0 Å². The molecule has 0 aliphatic heterocycles. The first-order valence-corrected chi connectivity index (χ1v) is 6.76. The summed E-state index contributed by atoms with van der Waals surface area (Å²) in [6.45, 7) is 9.38. The van der Waals surface area contributed by atoms with Gasteiger partial charge in [-0.25, -0.2) is 0 Å². The van der Waals surface area contributed by atoms with E-state index in [1.165, 1.54) is 7.11 Å². The van der Waals surface area contributed by atoms with E-state index < -0.39 is 0 Å². The highest BCUT2D eigenvalue weighted by Crippen LogP contribution is 2.10. The average Bonchev–Trinajstić information content (AvgIpc) is 2.24. The summed E-state index contributed by atoms with van der Waals surface area (Å²) in [7, 11) is 5.59. The van der Waals surface area contributed by atoms with Crippen molar-refractivity contribution in [2.24, 2.45) is 11.8 Å². The number of rotatable bonds is 8. The van der Waals surface area contributed by atoms with Crippen LogP contribution < -0.4 is 5.32 Å². The van der Waals surface area contributed by atoms with E-state index in [4.69, 9.17) is 4.74 Å². The van der Waals surface area contributed by atoms with E-state index in [9.17, 15) is 4.79 Å². The molecule has 4 heteroatoms. The monoisotopic (exact) mass is 258 g/mol. The second-order valence-corrected chi connectivity index (χ2v) is 5.86. The standard InChI is InChI=1S/C14H30N2O2/c1-10(2)8-13(9-16(5)6)15-12(4)11(3)14(17)18-7/h10-13,15H,8-9H2,1-7H3. The molecule has 0 bridgehead atoms. The van der Waals surface area contributed by atoms with E-state index in [0.717, 1.165) is 13.0 Å². The van der Waals surface area contributed by atoms with E-state index in [-0.39, 0.29) is 17.9 Å². The lowest BCUT2D eigenvalue weighted by Gasteiger charge is -2.29. The van der Waals surface area contributed by atoms with Crippen LogP contribution in [-0.4, -0.2) is 50.7 Å². The first kappa shape index (κ1) is 17.4. The average molecular weight is 258 g/mol. The number of carbonyl (C=O) groups excluding carboxylic acids is 1. The van der Waals surface area contributed by atoms with Gasteiger partial charge in [-0.05, 0) is 33.4 Å². The van der Waals surface area contributed by atoms with Gasteiger partial charge in [0.2, 0.25) is 0 Å². The Kier molecular flexibility index (Phi) is 8.20. The van der Waals surface area contributed by atoms with Crippen molar-refractivity contribution < 1.29 is 9.53 Å². The number of nitrogens with one attached hydrogen (secondary N) is 1. The number of esters is 1. The van der Waals surface area contributed by atoms with Gasteiger partial charge >= 0.3 is 5.97 Å². The Labute approximate surface area is 112 Å². The molecule has 3 unspecified atom stereocenters. The van der Waals surface area contributed by atoms with Crippen LogP contribution >= 0.6 is 0 Å². The summed E-state index contributed by atoms with van der Waals surface area (Å²) in [6, 6.07) is 0.531. The molecule has 0 aromatic rings. The lowest BCUT2D eigenvalue weighted by Crippen LogP contribution is -2.47. The molecule has 0 amide bonds. The smallest absolute Gasteiger partial charge is 0.309 e. The fourth-order valence-electron chi connectivity index (χ4n) is 2.11. The molecule has 4 nitrogen and oxygen atoms in total. The van der Waals surface area contributed by atoms with Crippen LogP contribution in [0.3, 0.4) is 0 Å². The van der Waals surface area contributed by atoms with Crippen LogP contribution in [0.2, 0.25) is 0 Å². The minimum atomic E-state index is -0.150. The van der Waals surface area contributed by atoms with Crippen molar-refractivity contribution in [3.8, 4) is 0 Å². The molecule has 0 saturated heterocycles. The third-order valence-electron chi connectivity index (χ3n) is 3.16. The van der Waals surface area contributed by atoms with E-state index in [0.29, 0.717) is 12.0 Å². The Morgan fingerprint density at radius 1 is 1.22 bits per heavy atom. The van der Waals surface area contributed by atoms with Gasteiger partial charge in [-0.3, -0.25) is 4.79 Å². The van der Waals surface area contributed by atoms with Crippen LogP contribution in [-0.2, 0) is 9.53 Å². The number of carbonyl (C=O) groups is 1. The summed E-state index contributed by atoms with van der Waals surface area (Å²) in [6.07, 6.45) is 1.11. The normalized spacial score (nSPS) is 16.7. The Balaban J connectivity index is 4.41. The van der Waals surface area contributed by atoms with E-state index in [1.54, 1.807) is 0 Å². The predicted molar refractivity (Wildman–Crippen MR) is 75.6 cm³/mol. The number of hydrogen-bond acceptors (Lipinski definition) is 4. The second kappa shape index (κ2) is 8.48. The van der Waals surface area contributed by atoms with Crippen LogP contribution in [0, 0.1) is 11.8 Å². The van der Waals surface area contributed by atoms with Crippen molar-refractivity contribution in [1.29, 1.82) is 0 Å². The lowest BCUT2D eigenvalue weighted by molar-refractivity contribution is -0.145. The number of hydrogen-bond donors (Lipinski definition) is 1. The SMILES string of the molecule is COC(=O)C(C)C(C)NC(CC(C)C)CN(C)C. The molecule has 18 heavy (non-hydrogen) atoms. The van der Waals surface area contributed by atoms with Gasteiger partial charge < -0.3 is 15.0 Å². The largest absolute Gasteiger partial charge is 0.469 e. The zero-order valence-corrected chi connectivity index (χ0v) is 13.0. The van der Waals surface area contributed by atoms with E-state index in [1.807, 2.05) is 13.8 Å². The summed E-state index contributed by atoms with van der Waals surface area (Å²) in [4.78, 5) is 13.7. The lowest BCUT2D eigenvalue weighted by atomic mass is 9.99. The van der Waals surface area contributed by atoms with Crippen LogP contribution in [0.25, 0.3) is 0 Å². The second-order valence-electron chi connectivity index (χ2n) is 5.86. The summed E-state index contributed by atoms with van der Waals surface area (Å²) >= 11 is 0. The van der Waals surface area contributed by atoms with Gasteiger partial charge in [0.25, 0.3) is 0 Å². The van der Waals surface area contributed by atoms with Gasteiger partial charge in [-0.15, -0.1) is 0 Å². The fraction of sp³-hybridized carbons (Fsp3) is 0.929. The Morgan fingerprint density at radius 3 is 2.17 bits per heavy atom. The third-order valence-corrected chi connectivity index (χ3v) is 3.16. The molecule has 0 aliphatic rings. The number of likely N-dealkylation sites (N-methyl/N-ethyl adjacent to an activating group) is 1. The van der Waals surface area contributed by atoms with E-state index in [2.05, 4.69) is 38.2 Å². The molecule has 0 spiro atoms. The van der Waals surface area contributed by atoms with Crippen molar-refractivity contribution in [2.45, 2.75) is 46.2 Å². The van der Waals surface area contributed by atoms with Gasteiger partial charge in [-0.2, -0.15) is 0 Å². The van der Waals surface area contributed by atoms with Crippen molar-refractivity contribution in [1.82, 2.24) is 10.2 Å². The number of nitrogens with zero attached hydrogens (tertiary/aromatic N) is 1. The highest BCUT2D eigenvalue weighted by Gasteiger charge is 2.23. The Hall–Kier alpha value is -0.610. The zero-order chi connectivity index (χ0) is 14.3.